The molecular weight excluding hydrogens is 228 g/mol. The normalized spacial score (nSPS) is 14.7. The molecule has 2 N–H and O–H groups in total. The molecule has 0 fully saturated rings. The van der Waals surface area contributed by atoms with Crippen molar-refractivity contribution in [1.29, 1.82) is 0 Å². The minimum Gasteiger partial charge on any atom is -0.481 e. The van der Waals surface area contributed by atoms with Crippen LogP contribution in [0.5, 0.6) is 0 Å². The number of carbonyl (C=O) groups is 1. The van der Waals surface area contributed by atoms with Gasteiger partial charge in [-0.3, -0.25) is 4.79 Å². The van der Waals surface area contributed by atoms with Crippen LogP contribution in [0.4, 0.5) is 0 Å². The number of halogens is 1. The Balaban J connectivity index is 3.42. The Bertz CT molecular complexity index is 185. The molecule has 0 spiro atoms. The van der Waals surface area contributed by atoms with E-state index in [4.69, 9.17) is 16.7 Å². The van der Waals surface area contributed by atoms with E-state index in [1.807, 2.05) is 0 Å². The van der Waals surface area contributed by atoms with Crippen LogP contribution in [0.2, 0.25) is 0 Å². The molecular formula is C12H23ClO3. The third kappa shape index (κ3) is 8.98. The molecule has 0 aliphatic carbocycles. The molecule has 2 unspecified atom stereocenters. The molecule has 16 heavy (non-hydrogen) atoms. The second-order valence-corrected chi connectivity index (χ2v) is 4.80. The molecule has 0 aliphatic rings. The summed E-state index contributed by atoms with van der Waals surface area (Å²) in [7, 11) is 0. The smallest absolute Gasteiger partial charge is 0.306 e. The second-order valence-electron chi connectivity index (χ2n) is 4.24. The first-order chi connectivity index (χ1) is 7.57. The zero-order valence-electron chi connectivity index (χ0n) is 9.99. The number of aliphatic hydroxyl groups excluding tert-OH is 1. The molecule has 0 heterocycles. The number of unbranched alkanes of at least 4 members (excludes halogenated alkanes) is 5. The molecule has 0 saturated heterocycles. The molecule has 0 rings (SSSR count). The van der Waals surface area contributed by atoms with Crippen LogP contribution in [0.15, 0.2) is 0 Å². The van der Waals surface area contributed by atoms with Gasteiger partial charge >= 0.3 is 5.97 Å². The van der Waals surface area contributed by atoms with Crippen molar-refractivity contribution < 1.29 is 15.0 Å². The van der Waals surface area contributed by atoms with Crippen LogP contribution in [-0.2, 0) is 4.79 Å². The maximum Gasteiger partial charge on any atom is 0.306 e. The van der Waals surface area contributed by atoms with Gasteiger partial charge in [0.2, 0.25) is 0 Å². The average Bonchev–Trinajstić information content (AvgIpc) is 2.21. The zero-order valence-corrected chi connectivity index (χ0v) is 10.7. The third-order valence-electron chi connectivity index (χ3n) is 2.63. The maximum absolute atomic E-state index is 10.3. The summed E-state index contributed by atoms with van der Waals surface area (Å²) in [5.74, 6) is -0.999. The summed E-state index contributed by atoms with van der Waals surface area (Å²) in [5, 5.41) is 17.5. The first kappa shape index (κ1) is 15.7. The van der Waals surface area contributed by atoms with Gasteiger partial charge in [0.25, 0.3) is 0 Å². The number of alkyl halides is 1. The van der Waals surface area contributed by atoms with Crippen LogP contribution in [0.1, 0.15) is 58.3 Å². The lowest BCUT2D eigenvalue weighted by atomic mass is 10.0. The first-order valence-electron chi connectivity index (χ1n) is 6.11. The lowest BCUT2D eigenvalue weighted by molar-refractivity contribution is -0.139. The van der Waals surface area contributed by atoms with Crippen molar-refractivity contribution in [2.45, 2.75) is 69.8 Å². The summed E-state index contributed by atoms with van der Waals surface area (Å²) in [5.41, 5.74) is 0. The number of carboxylic acid groups (broad SMARTS) is 1. The van der Waals surface area contributed by atoms with Crippen LogP contribution in [0.25, 0.3) is 0 Å². The van der Waals surface area contributed by atoms with E-state index in [0.717, 1.165) is 12.8 Å². The molecule has 0 aliphatic heterocycles. The molecule has 0 aromatic carbocycles. The van der Waals surface area contributed by atoms with Crippen molar-refractivity contribution >= 4 is 17.6 Å². The van der Waals surface area contributed by atoms with E-state index in [1.165, 1.54) is 25.7 Å². The van der Waals surface area contributed by atoms with E-state index in [0.29, 0.717) is 6.42 Å². The van der Waals surface area contributed by atoms with E-state index in [9.17, 15) is 9.90 Å². The van der Waals surface area contributed by atoms with E-state index in [1.54, 1.807) is 0 Å². The largest absolute Gasteiger partial charge is 0.481 e. The minimum atomic E-state index is -0.999. The van der Waals surface area contributed by atoms with Gasteiger partial charge in [-0.2, -0.15) is 0 Å². The number of aliphatic carboxylic acids is 1. The summed E-state index contributed by atoms with van der Waals surface area (Å²) in [4.78, 5) is 10.3. The van der Waals surface area contributed by atoms with E-state index < -0.39 is 17.5 Å². The van der Waals surface area contributed by atoms with Crippen LogP contribution in [-0.4, -0.2) is 27.7 Å². The molecule has 0 aromatic heterocycles. The Kier molecular flexibility index (Phi) is 9.74. The minimum absolute atomic E-state index is 0.260. The lowest BCUT2D eigenvalue weighted by Crippen LogP contribution is -2.24. The fourth-order valence-electron chi connectivity index (χ4n) is 1.62. The predicted molar refractivity (Wildman–Crippen MR) is 65.9 cm³/mol. The monoisotopic (exact) mass is 250 g/mol. The lowest BCUT2D eigenvalue weighted by Gasteiger charge is -2.14. The Morgan fingerprint density at radius 3 is 2.31 bits per heavy atom. The van der Waals surface area contributed by atoms with Gasteiger partial charge in [0.05, 0.1) is 17.9 Å². The van der Waals surface area contributed by atoms with Gasteiger partial charge in [-0.25, -0.2) is 0 Å². The fraction of sp³-hybridized carbons (Fsp3) is 0.917. The van der Waals surface area contributed by atoms with Gasteiger partial charge in [-0.15, -0.1) is 11.6 Å². The quantitative estimate of drug-likeness (QED) is 0.463. The molecule has 96 valence electrons. The van der Waals surface area contributed by atoms with Crippen LogP contribution in [0.3, 0.4) is 0 Å². The van der Waals surface area contributed by atoms with Crippen LogP contribution in [0, 0.1) is 0 Å². The summed E-state index contributed by atoms with van der Waals surface area (Å²) >= 11 is 5.90. The molecule has 0 amide bonds. The molecule has 0 aromatic rings. The van der Waals surface area contributed by atoms with Gasteiger partial charge in [0.1, 0.15) is 0 Å². The first-order valence-corrected chi connectivity index (χ1v) is 6.55. The average molecular weight is 251 g/mol. The topological polar surface area (TPSA) is 57.5 Å². The van der Waals surface area contributed by atoms with Crippen molar-refractivity contribution in [1.82, 2.24) is 0 Å². The van der Waals surface area contributed by atoms with E-state index in [2.05, 4.69) is 6.92 Å². The van der Waals surface area contributed by atoms with Gasteiger partial charge in [-0.1, -0.05) is 45.4 Å². The maximum atomic E-state index is 10.3. The van der Waals surface area contributed by atoms with Gasteiger partial charge in [0.15, 0.2) is 0 Å². The summed E-state index contributed by atoms with van der Waals surface area (Å²) in [6, 6.07) is 0. The Morgan fingerprint density at radius 1 is 1.19 bits per heavy atom. The van der Waals surface area contributed by atoms with Crippen molar-refractivity contribution in [3.05, 3.63) is 0 Å². The van der Waals surface area contributed by atoms with Crippen molar-refractivity contribution in [3.63, 3.8) is 0 Å². The van der Waals surface area contributed by atoms with Gasteiger partial charge < -0.3 is 10.2 Å². The fourth-order valence-corrected chi connectivity index (χ4v) is 1.86. The number of hydrogen-bond donors (Lipinski definition) is 2. The molecule has 0 saturated carbocycles. The molecule has 4 heteroatoms. The van der Waals surface area contributed by atoms with Crippen molar-refractivity contribution in [2.75, 3.05) is 0 Å². The van der Waals surface area contributed by atoms with E-state index >= 15 is 0 Å². The summed E-state index contributed by atoms with van der Waals surface area (Å²) in [6.07, 6.45) is 6.55. The Hall–Kier alpha value is -0.280. The molecule has 3 nitrogen and oxygen atoms in total. The highest BCUT2D eigenvalue weighted by molar-refractivity contribution is 6.21. The Labute approximate surface area is 103 Å². The molecule has 0 radical (unpaired) electrons. The predicted octanol–water partition coefficient (Wildman–Crippen LogP) is 3.18. The number of hydrogen-bond acceptors (Lipinski definition) is 2. The summed E-state index contributed by atoms with van der Waals surface area (Å²) < 4.78 is 0. The highest BCUT2D eigenvalue weighted by atomic mass is 35.5. The highest BCUT2D eigenvalue weighted by Gasteiger charge is 2.18. The van der Waals surface area contributed by atoms with Crippen LogP contribution < -0.4 is 0 Å². The Morgan fingerprint density at radius 2 is 1.75 bits per heavy atom. The highest BCUT2D eigenvalue weighted by Crippen LogP contribution is 2.16. The van der Waals surface area contributed by atoms with Gasteiger partial charge in [0, 0.05) is 0 Å². The zero-order chi connectivity index (χ0) is 12.4. The molecule has 2 atom stereocenters. The number of aliphatic hydroxyl groups is 1. The van der Waals surface area contributed by atoms with Crippen molar-refractivity contribution in [2.24, 2.45) is 0 Å². The third-order valence-corrected chi connectivity index (χ3v) is 3.14. The standard InChI is InChI=1S/C12H23ClO3/c1-2-3-4-5-6-7-8-10(13)11(14)9-12(15)16/h10-11,14H,2-9H2,1H3,(H,15,16). The van der Waals surface area contributed by atoms with E-state index in [-0.39, 0.29) is 6.42 Å². The van der Waals surface area contributed by atoms with Crippen molar-refractivity contribution in [3.8, 4) is 0 Å². The SMILES string of the molecule is CCCCCCCCC(Cl)C(O)CC(=O)O. The van der Waals surface area contributed by atoms with Gasteiger partial charge in [-0.05, 0) is 6.42 Å². The molecule has 0 bridgehead atoms. The number of rotatable bonds is 10. The van der Waals surface area contributed by atoms with Crippen LogP contribution >= 0.6 is 11.6 Å². The summed E-state index contributed by atoms with van der Waals surface area (Å²) in [6.45, 7) is 2.18. The second kappa shape index (κ2) is 9.91. The number of carboxylic acids is 1.